The molecular weight excluding hydrogens is 328 g/mol. The molecule has 1 aliphatic heterocycles. The number of carbonyl (C=O) groups excluding carboxylic acids is 2. The molecule has 0 atom stereocenters. The summed E-state index contributed by atoms with van der Waals surface area (Å²) in [5.41, 5.74) is 2.32. The molecule has 1 amide bonds. The number of carbonyl (C=O) groups is 2. The van der Waals surface area contributed by atoms with Crippen LogP contribution in [-0.2, 0) is 11.3 Å². The molecular formula is C20H24N4O2. The Kier molecular flexibility index (Phi) is 5.63. The van der Waals surface area contributed by atoms with E-state index in [4.69, 9.17) is 0 Å². The summed E-state index contributed by atoms with van der Waals surface area (Å²) >= 11 is 0. The summed E-state index contributed by atoms with van der Waals surface area (Å²) in [7, 11) is 2.12. The Morgan fingerprint density at radius 2 is 1.73 bits per heavy atom. The van der Waals surface area contributed by atoms with Crippen molar-refractivity contribution in [2.75, 3.05) is 38.1 Å². The van der Waals surface area contributed by atoms with Gasteiger partial charge in [-0.2, -0.15) is 0 Å². The zero-order valence-corrected chi connectivity index (χ0v) is 15.2. The van der Waals surface area contributed by atoms with Crippen molar-refractivity contribution in [1.29, 1.82) is 0 Å². The van der Waals surface area contributed by atoms with Gasteiger partial charge in [-0.15, -0.1) is 0 Å². The number of nitrogens with one attached hydrogen (secondary N) is 1. The lowest BCUT2D eigenvalue weighted by molar-refractivity contribution is -0.117. The van der Waals surface area contributed by atoms with Gasteiger partial charge in [0.15, 0.2) is 0 Å². The van der Waals surface area contributed by atoms with Gasteiger partial charge in [-0.1, -0.05) is 35.9 Å². The van der Waals surface area contributed by atoms with Crippen LogP contribution < -0.4 is 10.2 Å². The number of ketones is 1. The van der Waals surface area contributed by atoms with Gasteiger partial charge in [-0.3, -0.25) is 9.59 Å². The van der Waals surface area contributed by atoms with Crippen molar-refractivity contribution in [2.45, 2.75) is 13.5 Å². The lowest BCUT2D eigenvalue weighted by Crippen LogP contribution is -2.44. The fraction of sp³-hybridized carbons (Fsp3) is 0.350. The maximum Gasteiger partial charge on any atom is 0.292 e. The highest BCUT2D eigenvalue weighted by atomic mass is 16.2. The number of rotatable bonds is 5. The Labute approximate surface area is 153 Å². The first-order chi connectivity index (χ1) is 12.5. The number of nitrogens with zero attached hydrogens (tertiary/aromatic N) is 3. The van der Waals surface area contributed by atoms with Gasteiger partial charge in [-0.05, 0) is 25.6 Å². The van der Waals surface area contributed by atoms with Crippen molar-refractivity contribution in [3.63, 3.8) is 0 Å². The number of anilines is 1. The van der Waals surface area contributed by atoms with E-state index in [2.05, 4.69) is 27.1 Å². The van der Waals surface area contributed by atoms with Crippen molar-refractivity contribution in [2.24, 2.45) is 0 Å². The average molecular weight is 352 g/mol. The third kappa shape index (κ3) is 4.46. The number of likely N-dealkylation sites (N-methyl/N-ethyl adjacent to an activating group) is 1. The number of aromatic nitrogens is 1. The predicted octanol–water partition coefficient (Wildman–Crippen LogP) is 1.64. The standard InChI is InChI=1S/C20H24N4O2/c1-15-3-6-17(7-4-15)19(25)20(26)22-14-16-5-8-18(21-13-16)24-11-9-23(2)10-12-24/h3-8,13H,9-12,14H2,1-2H3,(H,22,26). The molecule has 1 aliphatic rings. The molecule has 3 rings (SSSR count). The molecule has 136 valence electrons. The van der Waals surface area contributed by atoms with Gasteiger partial charge >= 0.3 is 0 Å². The molecule has 1 aromatic heterocycles. The summed E-state index contributed by atoms with van der Waals surface area (Å²) in [5.74, 6) is -0.173. The summed E-state index contributed by atoms with van der Waals surface area (Å²) in [6, 6.07) is 10.9. The second-order valence-corrected chi connectivity index (χ2v) is 6.69. The zero-order valence-electron chi connectivity index (χ0n) is 15.2. The molecule has 2 aromatic rings. The molecule has 1 N–H and O–H groups in total. The highest BCUT2D eigenvalue weighted by Crippen LogP contribution is 2.13. The van der Waals surface area contributed by atoms with Crippen LogP contribution in [0.4, 0.5) is 5.82 Å². The van der Waals surface area contributed by atoms with E-state index in [0.29, 0.717) is 5.56 Å². The molecule has 0 bridgehead atoms. The van der Waals surface area contributed by atoms with E-state index in [1.807, 2.05) is 31.2 Å². The van der Waals surface area contributed by atoms with Crippen LogP contribution >= 0.6 is 0 Å². The number of benzene rings is 1. The van der Waals surface area contributed by atoms with Gasteiger partial charge in [0, 0.05) is 44.5 Å². The lowest BCUT2D eigenvalue weighted by Gasteiger charge is -2.33. The smallest absolute Gasteiger partial charge is 0.292 e. The Morgan fingerprint density at radius 1 is 1.04 bits per heavy atom. The van der Waals surface area contributed by atoms with Crippen LogP contribution in [0.1, 0.15) is 21.5 Å². The largest absolute Gasteiger partial charge is 0.354 e. The Morgan fingerprint density at radius 3 is 2.35 bits per heavy atom. The molecule has 1 aromatic carbocycles. The minimum atomic E-state index is -0.600. The zero-order chi connectivity index (χ0) is 18.5. The molecule has 0 unspecified atom stereocenters. The molecule has 0 aliphatic carbocycles. The van der Waals surface area contributed by atoms with Crippen LogP contribution in [0.15, 0.2) is 42.6 Å². The van der Waals surface area contributed by atoms with E-state index in [1.165, 1.54) is 0 Å². The molecule has 6 nitrogen and oxygen atoms in total. The van der Waals surface area contributed by atoms with Crippen LogP contribution in [0, 0.1) is 6.92 Å². The number of hydrogen-bond donors (Lipinski definition) is 1. The van der Waals surface area contributed by atoms with E-state index in [-0.39, 0.29) is 6.54 Å². The monoisotopic (exact) mass is 352 g/mol. The first kappa shape index (κ1) is 18.1. The van der Waals surface area contributed by atoms with Crippen molar-refractivity contribution >= 4 is 17.5 Å². The third-order valence-corrected chi connectivity index (χ3v) is 4.61. The highest BCUT2D eigenvalue weighted by Gasteiger charge is 2.17. The SMILES string of the molecule is Cc1ccc(C(=O)C(=O)NCc2ccc(N3CCN(C)CC3)nc2)cc1. The van der Waals surface area contributed by atoms with Crippen LogP contribution in [-0.4, -0.2) is 54.8 Å². The molecule has 1 saturated heterocycles. The molecule has 6 heteroatoms. The van der Waals surface area contributed by atoms with E-state index in [9.17, 15) is 9.59 Å². The predicted molar refractivity (Wildman–Crippen MR) is 101 cm³/mol. The highest BCUT2D eigenvalue weighted by molar-refractivity contribution is 6.42. The van der Waals surface area contributed by atoms with Crippen molar-refractivity contribution < 1.29 is 9.59 Å². The average Bonchev–Trinajstić information content (AvgIpc) is 2.67. The van der Waals surface area contributed by atoms with Gasteiger partial charge in [-0.25, -0.2) is 4.98 Å². The molecule has 26 heavy (non-hydrogen) atoms. The van der Waals surface area contributed by atoms with Gasteiger partial charge in [0.25, 0.3) is 5.91 Å². The lowest BCUT2D eigenvalue weighted by atomic mass is 10.1. The van der Waals surface area contributed by atoms with Crippen LogP contribution in [0.3, 0.4) is 0 Å². The number of hydrogen-bond acceptors (Lipinski definition) is 5. The molecule has 0 radical (unpaired) electrons. The first-order valence-corrected chi connectivity index (χ1v) is 8.80. The summed E-state index contributed by atoms with van der Waals surface area (Å²) in [5, 5.41) is 2.67. The fourth-order valence-corrected chi connectivity index (χ4v) is 2.84. The van der Waals surface area contributed by atoms with E-state index >= 15 is 0 Å². The minimum Gasteiger partial charge on any atom is -0.354 e. The summed E-state index contributed by atoms with van der Waals surface area (Å²) in [6.07, 6.45) is 1.75. The Balaban J connectivity index is 1.53. The normalized spacial score (nSPS) is 14.9. The molecule has 0 saturated carbocycles. The van der Waals surface area contributed by atoms with Crippen molar-refractivity contribution in [3.05, 3.63) is 59.3 Å². The number of piperazine rings is 1. The summed E-state index contributed by atoms with van der Waals surface area (Å²) in [4.78, 5) is 33.2. The second-order valence-electron chi connectivity index (χ2n) is 6.69. The van der Waals surface area contributed by atoms with Gasteiger partial charge < -0.3 is 15.1 Å². The Hall–Kier alpha value is -2.73. The Bertz CT molecular complexity index is 763. The van der Waals surface area contributed by atoms with Gasteiger partial charge in [0.05, 0.1) is 0 Å². The number of pyridine rings is 1. The molecule has 2 heterocycles. The number of aryl methyl sites for hydroxylation is 1. The van der Waals surface area contributed by atoms with Crippen LogP contribution in [0.2, 0.25) is 0 Å². The maximum absolute atomic E-state index is 12.1. The van der Waals surface area contributed by atoms with Crippen LogP contribution in [0.5, 0.6) is 0 Å². The first-order valence-electron chi connectivity index (χ1n) is 8.80. The van der Waals surface area contributed by atoms with E-state index < -0.39 is 11.7 Å². The third-order valence-electron chi connectivity index (χ3n) is 4.61. The van der Waals surface area contributed by atoms with Gasteiger partial charge in [0.2, 0.25) is 5.78 Å². The maximum atomic E-state index is 12.1. The number of Topliss-reactive ketones (excluding diaryl/α,β-unsaturated/α-hetero) is 1. The fourth-order valence-electron chi connectivity index (χ4n) is 2.84. The van der Waals surface area contributed by atoms with Crippen molar-refractivity contribution in [1.82, 2.24) is 15.2 Å². The topological polar surface area (TPSA) is 65.5 Å². The molecule has 0 spiro atoms. The van der Waals surface area contributed by atoms with Crippen molar-refractivity contribution in [3.8, 4) is 0 Å². The molecule has 1 fully saturated rings. The second kappa shape index (κ2) is 8.10. The number of amides is 1. The van der Waals surface area contributed by atoms with E-state index in [0.717, 1.165) is 43.1 Å². The van der Waals surface area contributed by atoms with E-state index in [1.54, 1.807) is 18.3 Å². The summed E-state index contributed by atoms with van der Waals surface area (Å²) in [6.45, 7) is 6.20. The van der Waals surface area contributed by atoms with Crippen LogP contribution in [0.25, 0.3) is 0 Å². The quantitative estimate of drug-likeness (QED) is 0.655. The summed E-state index contributed by atoms with van der Waals surface area (Å²) < 4.78 is 0. The minimum absolute atomic E-state index is 0.284. The van der Waals surface area contributed by atoms with Gasteiger partial charge in [0.1, 0.15) is 5.82 Å².